The molecule has 2 aromatic carbocycles. The van der Waals surface area contributed by atoms with Gasteiger partial charge in [0.15, 0.2) is 0 Å². The molecule has 0 radical (unpaired) electrons. The van der Waals surface area contributed by atoms with E-state index in [0.717, 1.165) is 24.0 Å². The summed E-state index contributed by atoms with van der Waals surface area (Å²) < 4.78 is 5.63. The molecule has 2 amide bonds. The number of fused-ring (bicyclic) bond motifs is 3. The molecule has 0 aromatic heterocycles. The van der Waals surface area contributed by atoms with E-state index in [1.54, 1.807) is 13.8 Å². The molecule has 34 heavy (non-hydrogen) atoms. The first kappa shape index (κ1) is 23.8. The van der Waals surface area contributed by atoms with Gasteiger partial charge in [-0.25, -0.2) is 4.79 Å². The molecule has 2 atom stereocenters. The van der Waals surface area contributed by atoms with Crippen molar-refractivity contribution < 1.29 is 24.2 Å². The van der Waals surface area contributed by atoms with Crippen molar-refractivity contribution in [3.05, 3.63) is 59.7 Å². The molecule has 0 saturated heterocycles. The first-order chi connectivity index (χ1) is 16.3. The van der Waals surface area contributed by atoms with Crippen molar-refractivity contribution in [2.45, 2.75) is 51.5 Å². The van der Waals surface area contributed by atoms with Gasteiger partial charge < -0.3 is 20.5 Å². The van der Waals surface area contributed by atoms with Crippen LogP contribution in [-0.4, -0.2) is 42.3 Å². The van der Waals surface area contributed by atoms with Crippen LogP contribution < -0.4 is 10.6 Å². The Morgan fingerprint density at radius 2 is 1.65 bits per heavy atom. The number of amides is 2. The second kappa shape index (κ2) is 9.87. The monoisotopic (exact) mass is 464 g/mol. The van der Waals surface area contributed by atoms with Crippen molar-refractivity contribution in [1.82, 2.24) is 10.6 Å². The number of hydrogen-bond acceptors (Lipinski definition) is 4. The summed E-state index contributed by atoms with van der Waals surface area (Å²) in [7, 11) is 0. The van der Waals surface area contributed by atoms with Crippen LogP contribution in [0.15, 0.2) is 48.5 Å². The maximum atomic E-state index is 12.7. The summed E-state index contributed by atoms with van der Waals surface area (Å²) in [4.78, 5) is 36.6. The number of carbonyl (C=O) groups excluding carboxylic acids is 2. The van der Waals surface area contributed by atoms with Gasteiger partial charge in [-0.3, -0.25) is 9.59 Å². The van der Waals surface area contributed by atoms with Gasteiger partial charge in [-0.15, -0.1) is 0 Å². The van der Waals surface area contributed by atoms with E-state index in [1.807, 2.05) is 24.3 Å². The number of benzene rings is 2. The van der Waals surface area contributed by atoms with Crippen molar-refractivity contribution in [3.63, 3.8) is 0 Å². The Bertz CT molecular complexity index is 1030. The zero-order valence-corrected chi connectivity index (χ0v) is 19.7. The summed E-state index contributed by atoms with van der Waals surface area (Å²) in [5, 5.41) is 15.0. The van der Waals surface area contributed by atoms with Gasteiger partial charge in [0.05, 0.1) is 5.41 Å². The fourth-order valence-corrected chi connectivity index (χ4v) is 4.54. The first-order valence-electron chi connectivity index (χ1n) is 11.9. The highest BCUT2D eigenvalue weighted by Gasteiger charge is 2.36. The third kappa shape index (κ3) is 5.08. The van der Waals surface area contributed by atoms with Gasteiger partial charge >= 0.3 is 12.1 Å². The van der Waals surface area contributed by atoms with E-state index in [0.29, 0.717) is 6.42 Å². The Morgan fingerprint density at radius 3 is 2.18 bits per heavy atom. The molecule has 4 rings (SSSR count). The molecule has 0 aliphatic heterocycles. The lowest BCUT2D eigenvalue weighted by Gasteiger charge is -2.24. The van der Waals surface area contributed by atoms with Crippen molar-refractivity contribution in [2.75, 3.05) is 13.2 Å². The van der Waals surface area contributed by atoms with Crippen molar-refractivity contribution in [1.29, 1.82) is 0 Å². The van der Waals surface area contributed by atoms with E-state index in [-0.39, 0.29) is 43.4 Å². The lowest BCUT2D eigenvalue weighted by atomic mass is 9.87. The largest absolute Gasteiger partial charge is 0.481 e. The van der Waals surface area contributed by atoms with Crippen molar-refractivity contribution in [2.24, 2.45) is 11.3 Å². The van der Waals surface area contributed by atoms with Gasteiger partial charge in [0, 0.05) is 24.9 Å². The number of alkyl carbamates (subject to hydrolysis) is 1. The van der Waals surface area contributed by atoms with E-state index < -0.39 is 17.5 Å². The van der Waals surface area contributed by atoms with Gasteiger partial charge in [-0.05, 0) is 54.4 Å². The first-order valence-corrected chi connectivity index (χ1v) is 11.9. The van der Waals surface area contributed by atoms with Crippen LogP contribution in [-0.2, 0) is 14.3 Å². The minimum atomic E-state index is -1.01. The molecule has 3 N–H and O–H groups in total. The molecule has 1 fully saturated rings. The Hall–Kier alpha value is -3.35. The molecule has 2 aromatic rings. The normalized spacial score (nSPS) is 17.1. The van der Waals surface area contributed by atoms with Crippen LogP contribution >= 0.6 is 0 Å². The smallest absolute Gasteiger partial charge is 0.407 e. The molecule has 0 spiro atoms. The number of nitrogens with one attached hydrogen (secondary N) is 2. The number of carboxylic acid groups (broad SMARTS) is 1. The van der Waals surface area contributed by atoms with Crippen molar-refractivity contribution in [3.8, 4) is 11.1 Å². The highest BCUT2D eigenvalue weighted by molar-refractivity contribution is 5.80. The number of rotatable bonds is 10. The standard InChI is InChI=1S/C27H32N2O5/c1-3-27(2,25(31)32)16-28-24(30)14-23(17-12-13-17)29-26(33)34-15-22-20-10-6-4-8-18(20)19-9-5-7-11-21(19)22/h4-11,17,22-23H,3,12-16H2,1-2H3,(H,28,30)(H,29,33)(H,31,32). The average molecular weight is 465 g/mol. The fraction of sp³-hybridized carbons (Fsp3) is 0.444. The van der Waals surface area contributed by atoms with E-state index in [4.69, 9.17) is 4.74 Å². The Balaban J connectivity index is 1.33. The Morgan fingerprint density at radius 1 is 1.06 bits per heavy atom. The van der Waals surface area contributed by atoms with E-state index in [2.05, 4.69) is 34.9 Å². The van der Waals surface area contributed by atoms with Crippen LogP contribution in [0.2, 0.25) is 0 Å². The van der Waals surface area contributed by atoms with Crippen LogP contribution in [0.4, 0.5) is 4.79 Å². The van der Waals surface area contributed by atoms with Gasteiger partial charge in [0.2, 0.25) is 5.91 Å². The molecule has 180 valence electrons. The highest BCUT2D eigenvalue weighted by Crippen LogP contribution is 2.44. The second-order valence-electron chi connectivity index (χ2n) is 9.61. The highest BCUT2D eigenvalue weighted by atomic mass is 16.5. The Labute approximate surface area is 199 Å². The average Bonchev–Trinajstić information content (AvgIpc) is 3.64. The van der Waals surface area contributed by atoms with Crippen LogP contribution in [0, 0.1) is 11.3 Å². The number of carboxylic acids is 1. The summed E-state index contributed by atoms with van der Waals surface area (Å²) in [6.45, 7) is 3.67. The molecule has 2 aliphatic carbocycles. The molecule has 2 aliphatic rings. The maximum Gasteiger partial charge on any atom is 0.407 e. The van der Waals surface area contributed by atoms with E-state index in [9.17, 15) is 19.5 Å². The number of hydrogen-bond donors (Lipinski definition) is 3. The predicted molar refractivity (Wildman–Crippen MR) is 128 cm³/mol. The van der Waals surface area contributed by atoms with Gasteiger partial charge in [-0.2, -0.15) is 0 Å². The summed E-state index contributed by atoms with van der Waals surface area (Å²) in [5.74, 6) is -0.991. The van der Waals surface area contributed by atoms with Crippen molar-refractivity contribution >= 4 is 18.0 Å². The number of aliphatic carboxylic acids is 1. The molecular weight excluding hydrogens is 432 g/mol. The zero-order valence-electron chi connectivity index (χ0n) is 19.7. The predicted octanol–water partition coefficient (Wildman–Crippen LogP) is 4.31. The summed E-state index contributed by atoms with van der Waals surface area (Å²) in [6.07, 6.45) is 1.88. The second-order valence-corrected chi connectivity index (χ2v) is 9.61. The number of carbonyl (C=O) groups is 3. The number of ether oxygens (including phenoxy) is 1. The molecule has 7 heteroatoms. The third-order valence-electron chi connectivity index (χ3n) is 7.22. The molecule has 1 saturated carbocycles. The SMILES string of the molecule is CCC(C)(CNC(=O)CC(NC(=O)OCC1c2ccccc2-c2ccccc21)C1CC1)C(=O)O. The van der Waals surface area contributed by atoms with Gasteiger partial charge in [0.25, 0.3) is 0 Å². The zero-order chi connectivity index (χ0) is 24.3. The van der Waals surface area contributed by atoms with Gasteiger partial charge in [0.1, 0.15) is 6.61 Å². The Kier molecular flexibility index (Phi) is 6.91. The van der Waals surface area contributed by atoms with Gasteiger partial charge in [-0.1, -0.05) is 55.5 Å². The minimum Gasteiger partial charge on any atom is -0.481 e. The molecule has 0 heterocycles. The third-order valence-corrected chi connectivity index (χ3v) is 7.22. The minimum absolute atomic E-state index is 0.0245. The van der Waals surface area contributed by atoms with Crippen LogP contribution in [0.5, 0.6) is 0 Å². The molecular formula is C27H32N2O5. The van der Waals surface area contributed by atoms with Crippen LogP contribution in [0.25, 0.3) is 11.1 Å². The summed E-state index contributed by atoms with van der Waals surface area (Å²) in [5.41, 5.74) is 3.62. The topological polar surface area (TPSA) is 105 Å². The molecule has 2 unspecified atom stereocenters. The quantitative estimate of drug-likeness (QED) is 0.486. The van der Waals surface area contributed by atoms with Crippen LogP contribution in [0.1, 0.15) is 56.6 Å². The maximum absolute atomic E-state index is 12.7. The van der Waals surface area contributed by atoms with E-state index in [1.165, 1.54) is 11.1 Å². The van der Waals surface area contributed by atoms with E-state index >= 15 is 0 Å². The lowest BCUT2D eigenvalue weighted by Crippen LogP contribution is -2.44. The van der Waals surface area contributed by atoms with Crippen LogP contribution in [0.3, 0.4) is 0 Å². The molecule has 0 bridgehead atoms. The summed E-state index contributed by atoms with van der Waals surface area (Å²) >= 11 is 0. The lowest BCUT2D eigenvalue weighted by molar-refractivity contribution is -0.148. The summed E-state index contributed by atoms with van der Waals surface area (Å²) in [6, 6.07) is 16.0. The molecule has 7 nitrogen and oxygen atoms in total. The fourth-order valence-electron chi connectivity index (χ4n) is 4.54.